The molecule has 5 aromatic rings. The van der Waals surface area contributed by atoms with Crippen LogP contribution in [0.4, 0.5) is 17.3 Å². The van der Waals surface area contributed by atoms with Crippen molar-refractivity contribution in [2.75, 3.05) is 29.0 Å². The van der Waals surface area contributed by atoms with Crippen LogP contribution in [-0.2, 0) is 12.8 Å². The standard InChI is InChI=1S/C32H33N7/c1-22(14-23-8-4-2-5-9-23)37-28-17-26(19-34-21-28)25-15-24(31(33)36-20-25)16-27-18-29-30(38-27)10-11-35-32(29)39-12-6-3-7-13-39/h2,4-5,8-11,15,17-21,37-38H,1,3,6-7,12-14,16H2,(H2,33,36). The van der Waals surface area contributed by atoms with Gasteiger partial charge >= 0.3 is 0 Å². The van der Waals surface area contributed by atoms with Crippen molar-refractivity contribution in [3.05, 3.63) is 108 Å². The topological polar surface area (TPSA) is 95.8 Å². The highest BCUT2D eigenvalue weighted by Crippen LogP contribution is 2.30. The summed E-state index contributed by atoms with van der Waals surface area (Å²) >= 11 is 0. The molecule has 0 saturated carbocycles. The Morgan fingerprint density at radius 2 is 1.77 bits per heavy atom. The Kier molecular flexibility index (Phi) is 6.95. The van der Waals surface area contributed by atoms with E-state index in [1.807, 2.05) is 49.1 Å². The Labute approximate surface area is 228 Å². The van der Waals surface area contributed by atoms with Crippen LogP contribution in [0.1, 0.15) is 36.1 Å². The van der Waals surface area contributed by atoms with Crippen molar-refractivity contribution in [1.82, 2.24) is 19.9 Å². The number of nitrogens with one attached hydrogen (secondary N) is 2. The van der Waals surface area contributed by atoms with Gasteiger partial charge in [-0.2, -0.15) is 0 Å². The van der Waals surface area contributed by atoms with Gasteiger partial charge in [-0.15, -0.1) is 0 Å². The Morgan fingerprint density at radius 3 is 2.62 bits per heavy atom. The predicted octanol–water partition coefficient (Wildman–Crippen LogP) is 6.35. The summed E-state index contributed by atoms with van der Waals surface area (Å²) in [6.45, 7) is 6.32. The molecule has 6 rings (SSSR count). The van der Waals surface area contributed by atoms with Crippen LogP contribution in [0.15, 0.2) is 91.7 Å². The first-order chi connectivity index (χ1) is 19.1. The molecule has 1 aromatic carbocycles. The van der Waals surface area contributed by atoms with E-state index in [-0.39, 0.29) is 0 Å². The van der Waals surface area contributed by atoms with E-state index in [4.69, 9.17) is 10.7 Å². The number of piperidine rings is 1. The normalized spacial score (nSPS) is 13.5. The Hall–Kier alpha value is -4.65. The van der Waals surface area contributed by atoms with Gasteiger partial charge in [0.25, 0.3) is 0 Å². The Balaban J connectivity index is 1.21. The number of fused-ring (bicyclic) bond motifs is 1. The first-order valence-corrected chi connectivity index (χ1v) is 13.5. The highest BCUT2D eigenvalue weighted by atomic mass is 15.2. The van der Waals surface area contributed by atoms with Crippen LogP contribution in [0.5, 0.6) is 0 Å². The fourth-order valence-electron chi connectivity index (χ4n) is 5.33. The highest BCUT2D eigenvalue weighted by molar-refractivity contribution is 5.91. The molecule has 0 radical (unpaired) electrons. The van der Waals surface area contributed by atoms with Crippen molar-refractivity contribution in [2.45, 2.75) is 32.1 Å². The maximum absolute atomic E-state index is 6.34. The lowest BCUT2D eigenvalue weighted by molar-refractivity contribution is 0.575. The van der Waals surface area contributed by atoms with E-state index in [1.54, 1.807) is 0 Å². The third-order valence-corrected chi connectivity index (χ3v) is 7.27. The summed E-state index contributed by atoms with van der Waals surface area (Å²) in [6, 6.07) is 18.7. The van der Waals surface area contributed by atoms with Gasteiger partial charge in [0.1, 0.15) is 11.6 Å². The van der Waals surface area contributed by atoms with E-state index in [2.05, 4.69) is 62.1 Å². The number of aromatic nitrogens is 4. The maximum atomic E-state index is 6.34. The molecule has 0 amide bonds. The second kappa shape index (κ2) is 11.0. The zero-order chi connectivity index (χ0) is 26.6. The van der Waals surface area contributed by atoms with Crippen LogP contribution in [0.3, 0.4) is 0 Å². The van der Waals surface area contributed by atoms with E-state index in [9.17, 15) is 0 Å². The van der Waals surface area contributed by atoms with Crippen LogP contribution >= 0.6 is 0 Å². The van der Waals surface area contributed by atoms with Crippen molar-refractivity contribution in [3.8, 4) is 11.1 Å². The number of nitrogens with zero attached hydrogens (tertiary/aromatic N) is 4. The molecule has 7 nitrogen and oxygen atoms in total. The van der Waals surface area contributed by atoms with E-state index < -0.39 is 0 Å². The molecule has 1 saturated heterocycles. The number of aromatic amines is 1. The summed E-state index contributed by atoms with van der Waals surface area (Å²) in [6.07, 6.45) is 12.5. The Morgan fingerprint density at radius 1 is 0.949 bits per heavy atom. The number of pyridine rings is 3. The number of H-pyrrole nitrogens is 1. The van der Waals surface area contributed by atoms with Gasteiger partial charge in [-0.3, -0.25) is 4.98 Å². The van der Waals surface area contributed by atoms with Crippen molar-refractivity contribution in [2.24, 2.45) is 0 Å². The van der Waals surface area contributed by atoms with Crippen molar-refractivity contribution < 1.29 is 0 Å². The fourth-order valence-corrected chi connectivity index (χ4v) is 5.33. The van der Waals surface area contributed by atoms with Crippen LogP contribution in [-0.4, -0.2) is 33.0 Å². The second-order valence-corrected chi connectivity index (χ2v) is 10.2. The smallest absolute Gasteiger partial charge is 0.137 e. The van der Waals surface area contributed by atoms with Crippen molar-refractivity contribution in [3.63, 3.8) is 0 Å². The molecule has 1 aliphatic rings. The van der Waals surface area contributed by atoms with E-state index in [1.165, 1.54) is 24.8 Å². The minimum absolute atomic E-state index is 0.533. The molecule has 0 atom stereocenters. The first-order valence-electron chi connectivity index (χ1n) is 13.5. The minimum atomic E-state index is 0.533. The summed E-state index contributed by atoms with van der Waals surface area (Å²) in [5, 5.41) is 4.56. The zero-order valence-corrected chi connectivity index (χ0v) is 22.0. The number of allylic oxidation sites excluding steroid dienone is 1. The largest absolute Gasteiger partial charge is 0.383 e. The maximum Gasteiger partial charge on any atom is 0.137 e. The van der Waals surface area contributed by atoms with E-state index in [0.29, 0.717) is 12.2 Å². The van der Waals surface area contributed by atoms with Crippen molar-refractivity contribution >= 4 is 28.2 Å². The lowest BCUT2D eigenvalue weighted by Crippen LogP contribution is -2.30. The lowest BCUT2D eigenvalue weighted by atomic mass is 10.0. The molecule has 196 valence electrons. The van der Waals surface area contributed by atoms with Crippen LogP contribution < -0.4 is 16.0 Å². The zero-order valence-electron chi connectivity index (χ0n) is 22.0. The molecule has 7 heteroatoms. The van der Waals surface area contributed by atoms with E-state index >= 15 is 0 Å². The summed E-state index contributed by atoms with van der Waals surface area (Å²) in [7, 11) is 0. The van der Waals surface area contributed by atoms with Gasteiger partial charge in [0.2, 0.25) is 0 Å². The summed E-state index contributed by atoms with van der Waals surface area (Å²) in [4.78, 5) is 19.7. The van der Waals surface area contributed by atoms with Gasteiger partial charge in [-0.05, 0) is 49.1 Å². The average molecular weight is 516 g/mol. The lowest BCUT2D eigenvalue weighted by Gasteiger charge is -2.28. The molecule has 0 unspecified atom stereocenters. The molecule has 0 aliphatic carbocycles. The number of nitrogen functional groups attached to an aromatic ring is 1. The molecule has 39 heavy (non-hydrogen) atoms. The number of anilines is 3. The van der Waals surface area contributed by atoms with Gasteiger partial charge in [-0.25, -0.2) is 9.97 Å². The minimum Gasteiger partial charge on any atom is -0.383 e. The van der Waals surface area contributed by atoms with Gasteiger partial charge < -0.3 is 20.9 Å². The third-order valence-electron chi connectivity index (χ3n) is 7.27. The van der Waals surface area contributed by atoms with Gasteiger partial charge in [-0.1, -0.05) is 36.9 Å². The Bertz CT molecular complexity index is 1600. The summed E-state index contributed by atoms with van der Waals surface area (Å²) in [5.74, 6) is 1.60. The SMILES string of the molecule is C=C(Cc1ccccc1)Nc1cncc(-c2cnc(N)c(Cc3cc4c(N5CCCCC5)nccc4[nH]3)c2)c1. The first kappa shape index (κ1) is 24.7. The fraction of sp³-hybridized carbons (Fsp3) is 0.219. The quantitative estimate of drug-likeness (QED) is 0.223. The summed E-state index contributed by atoms with van der Waals surface area (Å²) in [5.41, 5.74) is 14.4. The average Bonchev–Trinajstić information content (AvgIpc) is 3.38. The molecule has 1 aliphatic heterocycles. The van der Waals surface area contributed by atoms with Crippen LogP contribution in [0.25, 0.3) is 22.0 Å². The van der Waals surface area contributed by atoms with Crippen LogP contribution in [0.2, 0.25) is 0 Å². The molecule has 4 N–H and O–H groups in total. The molecule has 5 heterocycles. The van der Waals surface area contributed by atoms with Crippen LogP contribution in [0, 0.1) is 0 Å². The third kappa shape index (κ3) is 5.62. The number of hydrogen-bond donors (Lipinski definition) is 3. The molecule has 0 bridgehead atoms. The van der Waals surface area contributed by atoms with Gasteiger partial charge in [0.15, 0.2) is 0 Å². The molecule has 4 aromatic heterocycles. The number of benzene rings is 1. The number of rotatable bonds is 8. The number of hydrogen-bond acceptors (Lipinski definition) is 6. The second-order valence-electron chi connectivity index (χ2n) is 10.2. The molecular weight excluding hydrogens is 482 g/mol. The van der Waals surface area contributed by atoms with Gasteiger partial charge in [0, 0.05) is 78.0 Å². The van der Waals surface area contributed by atoms with E-state index in [0.717, 1.165) is 70.0 Å². The van der Waals surface area contributed by atoms with Gasteiger partial charge in [0.05, 0.1) is 17.4 Å². The monoisotopic (exact) mass is 515 g/mol. The van der Waals surface area contributed by atoms with Crippen molar-refractivity contribution in [1.29, 1.82) is 0 Å². The molecule has 0 spiro atoms. The predicted molar refractivity (Wildman–Crippen MR) is 160 cm³/mol. The molecular formula is C32H33N7. The highest BCUT2D eigenvalue weighted by Gasteiger charge is 2.17. The number of nitrogens with two attached hydrogens (primary N) is 1. The molecule has 1 fully saturated rings. The summed E-state index contributed by atoms with van der Waals surface area (Å²) < 4.78 is 0.